The minimum Gasteiger partial charge on any atom is -0.455 e. The zero-order chi connectivity index (χ0) is 12.2. The molecule has 2 aliphatic rings. The number of ether oxygens (including phenoxy) is 1. The molecule has 2 bridgehead atoms. The minimum absolute atomic E-state index is 0.0681. The summed E-state index contributed by atoms with van der Waals surface area (Å²) < 4.78 is 5.74. The Morgan fingerprint density at radius 1 is 1.38 bits per heavy atom. The summed E-state index contributed by atoms with van der Waals surface area (Å²) in [4.78, 5) is 11.5. The minimum atomic E-state index is -0.353. The zero-order valence-corrected chi connectivity index (χ0v) is 10.8. The van der Waals surface area contributed by atoms with E-state index >= 15 is 0 Å². The summed E-state index contributed by atoms with van der Waals surface area (Å²) in [5.41, 5.74) is -0.146. The van der Waals surface area contributed by atoms with Crippen molar-refractivity contribution in [1.29, 1.82) is 0 Å². The molecule has 0 radical (unpaired) electrons. The van der Waals surface area contributed by atoms with Crippen molar-refractivity contribution in [2.75, 3.05) is 0 Å². The van der Waals surface area contributed by atoms with Crippen LogP contribution in [0.2, 0.25) is 0 Å². The standard InChI is InChI=1S/C14H22O2/c1-6-11(15)16-14(5)12(2,3)10-7-8-13(14,4)9-10/h6,10H,1,7-9H2,2-5H3. The number of fused-ring (bicyclic) bond motifs is 2. The van der Waals surface area contributed by atoms with Crippen LogP contribution in [0, 0.1) is 16.7 Å². The third-order valence-electron chi connectivity index (χ3n) is 5.61. The Kier molecular flexibility index (Phi) is 2.28. The van der Waals surface area contributed by atoms with Crippen molar-refractivity contribution in [3.63, 3.8) is 0 Å². The van der Waals surface area contributed by atoms with Gasteiger partial charge < -0.3 is 4.74 Å². The van der Waals surface area contributed by atoms with E-state index in [0.717, 1.165) is 0 Å². The van der Waals surface area contributed by atoms with Gasteiger partial charge in [0.05, 0.1) is 0 Å². The smallest absolute Gasteiger partial charge is 0.330 e. The summed E-state index contributed by atoms with van der Waals surface area (Å²) in [5.74, 6) is 0.393. The normalized spacial score (nSPS) is 44.4. The van der Waals surface area contributed by atoms with Gasteiger partial charge in [-0.1, -0.05) is 27.4 Å². The average molecular weight is 222 g/mol. The second kappa shape index (κ2) is 3.12. The van der Waals surface area contributed by atoms with E-state index in [1.807, 2.05) is 0 Å². The molecule has 0 N–H and O–H groups in total. The molecular weight excluding hydrogens is 200 g/mol. The fourth-order valence-corrected chi connectivity index (χ4v) is 3.95. The zero-order valence-electron chi connectivity index (χ0n) is 10.8. The highest BCUT2D eigenvalue weighted by Crippen LogP contribution is 2.69. The molecule has 0 amide bonds. The van der Waals surface area contributed by atoms with Crippen LogP contribution in [0.4, 0.5) is 0 Å². The SMILES string of the molecule is C=CC(=O)OC1(C)C2(C)CCC(C2)C1(C)C. The molecule has 3 unspecified atom stereocenters. The Hall–Kier alpha value is -0.790. The van der Waals surface area contributed by atoms with Crippen molar-refractivity contribution >= 4 is 5.97 Å². The predicted octanol–water partition coefficient (Wildman–Crippen LogP) is 3.32. The van der Waals surface area contributed by atoms with Crippen molar-refractivity contribution in [2.45, 2.75) is 52.6 Å². The Morgan fingerprint density at radius 2 is 2.00 bits per heavy atom. The highest BCUT2D eigenvalue weighted by molar-refractivity contribution is 5.81. The molecule has 90 valence electrons. The van der Waals surface area contributed by atoms with Gasteiger partial charge in [0, 0.05) is 16.9 Å². The van der Waals surface area contributed by atoms with Crippen LogP contribution >= 0.6 is 0 Å². The van der Waals surface area contributed by atoms with Gasteiger partial charge in [-0.25, -0.2) is 4.79 Å². The molecule has 16 heavy (non-hydrogen) atoms. The van der Waals surface area contributed by atoms with Gasteiger partial charge in [0.25, 0.3) is 0 Å². The summed E-state index contributed by atoms with van der Waals surface area (Å²) in [6.45, 7) is 12.3. The topological polar surface area (TPSA) is 26.3 Å². The second-order valence-corrected chi connectivity index (χ2v) is 6.38. The van der Waals surface area contributed by atoms with E-state index in [2.05, 4.69) is 34.3 Å². The number of carbonyl (C=O) groups is 1. The summed E-state index contributed by atoms with van der Waals surface area (Å²) in [5, 5.41) is 0. The lowest BCUT2D eigenvalue weighted by Crippen LogP contribution is -2.54. The molecule has 0 aromatic rings. The fraction of sp³-hybridized carbons (Fsp3) is 0.786. The molecule has 2 fully saturated rings. The number of hydrogen-bond donors (Lipinski definition) is 0. The third-order valence-corrected chi connectivity index (χ3v) is 5.61. The van der Waals surface area contributed by atoms with Gasteiger partial charge in [-0.2, -0.15) is 0 Å². The van der Waals surface area contributed by atoms with Crippen LogP contribution in [0.25, 0.3) is 0 Å². The van der Waals surface area contributed by atoms with Crippen molar-refractivity contribution in [1.82, 2.24) is 0 Å². The first-order valence-electron chi connectivity index (χ1n) is 6.12. The van der Waals surface area contributed by atoms with Crippen LogP contribution in [0.3, 0.4) is 0 Å². The molecule has 0 saturated heterocycles. The molecular formula is C14H22O2. The van der Waals surface area contributed by atoms with E-state index in [4.69, 9.17) is 4.74 Å². The molecule has 2 aliphatic carbocycles. The summed E-state index contributed by atoms with van der Waals surface area (Å²) in [6, 6.07) is 0. The Bertz CT molecular complexity index is 338. The molecule has 2 heteroatoms. The maximum atomic E-state index is 11.5. The van der Waals surface area contributed by atoms with Crippen LogP contribution in [0.1, 0.15) is 47.0 Å². The number of rotatable bonds is 2. The molecule has 2 saturated carbocycles. The number of esters is 1. The van der Waals surface area contributed by atoms with Gasteiger partial charge in [-0.3, -0.25) is 0 Å². The quantitative estimate of drug-likeness (QED) is 0.529. The first kappa shape index (κ1) is 11.7. The molecule has 0 heterocycles. The molecule has 0 aromatic carbocycles. The molecule has 3 atom stereocenters. The third kappa shape index (κ3) is 1.16. The van der Waals surface area contributed by atoms with E-state index in [9.17, 15) is 4.79 Å². The number of carbonyl (C=O) groups excluding carboxylic acids is 1. The maximum absolute atomic E-state index is 11.5. The van der Waals surface area contributed by atoms with Gasteiger partial charge in [-0.05, 0) is 32.1 Å². The first-order chi connectivity index (χ1) is 7.27. The second-order valence-electron chi connectivity index (χ2n) is 6.38. The molecule has 0 aliphatic heterocycles. The maximum Gasteiger partial charge on any atom is 0.330 e. The van der Waals surface area contributed by atoms with Crippen molar-refractivity contribution in [2.24, 2.45) is 16.7 Å². The fourth-order valence-electron chi connectivity index (χ4n) is 3.95. The van der Waals surface area contributed by atoms with Crippen LogP contribution < -0.4 is 0 Å². The van der Waals surface area contributed by atoms with E-state index in [1.165, 1.54) is 25.3 Å². The summed E-state index contributed by atoms with van der Waals surface area (Å²) in [7, 11) is 0. The predicted molar refractivity (Wildman–Crippen MR) is 63.9 cm³/mol. The van der Waals surface area contributed by atoms with Crippen LogP contribution in [-0.4, -0.2) is 11.6 Å². The van der Waals surface area contributed by atoms with E-state index < -0.39 is 0 Å². The van der Waals surface area contributed by atoms with Crippen molar-refractivity contribution < 1.29 is 9.53 Å². The van der Waals surface area contributed by atoms with Crippen LogP contribution in [0.15, 0.2) is 12.7 Å². The van der Waals surface area contributed by atoms with E-state index in [1.54, 1.807) is 0 Å². The Morgan fingerprint density at radius 3 is 2.44 bits per heavy atom. The molecule has 2 nitrogen and oxygen atoms in total. The van der Waals surface area contributed by atoms with E-state index in [0.29, 0.717) is 5.92 Å². The molecule has 2 rings (SSSR count). The average Bonchev–Trinajstić information content (AvgIpc) is 2.66. The van der Waals surface area contributed by atoms with Gasteiger partial charge >= 0.3 is 5.97 Å². The lowest BCUT2D eigenvalue weighted by Gasteiger charge is -2.50. The van der Waals surface area contributed by atoms with Crippen molar-refractivity contribution in [3.05, 3.63) is 12.7 Å². The van der Waals surface area contributed by atoms with Crippen LogP contribution in [0.5, 0.6) is 0 Å². The molecule has 0 aromatic heterocycles. The number of hydrogen-bond acceptors (Lipinski definition) is 2. The van der Waals surface area contributed by atoms with Gasteiger partial charge in [0.1, 0.15) is 5.60 Å². The van der Waals surface area contributed by atoms with Crippen LogP contribution in [-0.2, 0) is 9.53 Å². The highest BCUT2D eigenvalue weighted by atomic mass is 16.6. The summed E-state index contributed by atoms with van der Waals surface area (Å²) in [6.07, 6.45) is 4.89. The van der Waals surface area contributed by atoms with Crippen molar-refractivity contribution in [3.8, 4) is 0 Å². The largest absolute Gasteiger partial charge is 0.455 e. The van der Waals surface area contributed by atoms with Gasteiger partial charge in [0.2, 0.25) is 0 Å². The molecule has 0 spiro atoms. The lowest BCUT2D eigenvalue weighted by molar-refractivity contribution is -0.187. The highest BCUT2D eigenvalue weighted by Gasteiger charge is 2.68. The lowest BCUT2D eigenvalue weighted by atomic mass is 9.61. The van der Waals surface area contributed by atoms with Gasteiger partial charge in [0.15, 0.2) is 0 Å². The van der Waals surface area contributed by atoms with E-state index in [-0.39, 0.29) is 22.4 Å². The first-order valence-corrected chi connectivity index (χ1v) is 6.12. The summed E-state index contributed by atoms with van der Waals surface area (Å²) >= 11 is 0. The Balaban J connectivity index is 2.37. The van der Waals surface area contributed by atoms with Gasteiger partial charge in [-0.15, -0.1) is 0 Å². The Labute approximate surface area is 98.1 Å². The monoisotopic (exact) mass is 222 g/mol.